The molecular weight excluding hydrogens is 280 g/mol. The van der Waals surface area contributed by atoms with Crippen LogP contribution in [0.3, 0.4) is 0 Å². The van der Waals surface area contributed by atoms with Gasteiger partial charge in [0, 0.05) is 18.2 Å². The molecule has 1 saturated heterocycles. The van der Waals surface area contributed by atoms with E-state index in [4.69, 9.17) is 0 Å². The van der Waals surface area contributed by atoms with E-state index in [0.717, 1.165) is 5.56 Å². The molecule has 1 saturated carbocycles. The fourth-order valence-electron chi connectivity index (χ4n) is 3.85. The first-order valence-corrected chi connectivity index (χ1v) is 9.46. The van der Waals surface area contributed by atoms with Gasteiger partial charge in [-0.2, -0.15) is 11.3 Å². The monoisotopic (exact) mass is 308 g/mol. The number of nitrogens with one attached hydrogen (secondary N) is 1. The van der Waals surface area contributed by atoms with Crippen molar-refractivity contribution in [3.8, 4) is 0 Å². The van der Waals surface area contributed by atoms with Gasteiger partial charge in [-0.3, -0.25) is 5.32 Å². The minimum absolute atomic E-state index is 0.468. The van der Waals surface area contributed by atoms with Gasteiger partial charge >= 0.3 is 0 Å². The highest BCUT2D eigenvalue weighted by Gasteiger charge is 2.28. The third-order valence-electron chi connectivity index (χ3n) is 5.08. The van der Waals surface area contributed by atoms with Crippen molar-refractivity contribution in [2.45, 2.75) is 57.2 Å². The van der Waals surface area contributed by atoms with E-state index in [9.17, 15) is 5.11 Å². The number of nitrogens with zero attached hydrogens (tertiary/aromatic N) is 1. The molecule has 3 rings (SSSR count). The van der Waals surface area contributed by atoms with Crippen LogP contribution in [-0.4, -0.2) is 35.7 Å². The molecule has 2 unspecified atom stereocenters. The van der Waals surface area contributed by atoms with Crippen LogP contribution >= 0.6 is 11.3 Å². The number of piperidine rings is 1. The topological polar surface area (TPSA) is 35.5 Å². The van der Waals surface area contributed by atoms with Crippen LogP contribution in [0.1, 0.15) is 56.7 Å². The third kappa shape index (κ3) is 4.28. The molecular formula is C17H28N2OS. The molecule has 2 N–H and O–H groups in total. The first-order valence-electron chi connectivity index (χ1n) is 8.51. The average molecular weight is 308 g/mol. The van der Waals surface area contributed by atoms with Crippen LogP contribution in [0.25, 0.3) is 0 Å². The SMILES string of the molecule is OC(NC1CCCC[C@H]1CN1CCCCC1)c1ccsc1. The number of rotatable bonds is 5. The highest BCUT2D eigenvalue weighted by atomic mass is 32.1. The maximum absolute atomic E-state index is 10.4. The summed E-state index contributed by atoms with van der Waals surface area (Å²) in [4.78, 5) is 2.64. The molecule has 2 aliphatic rings. The number of hydrogen-bond donors (Lipinski definition) is 2. The predicted octanol–water partition coefficient (Wildman–Crippen LogP) is 3.37. The van der Waals surface area contributed by atoms with E-state index >= 15 is 0 Å². The second-order valence-electron chi connectivity index (χ2n) is 6.64. The van der Waals surface area contributed by atoms with Gasteiger partial charge in [-0.15, -0.1) is 0 Å². The zero-order valence-electron chi connectivity index (χ0n) is 12.8. The summed E-state index contributed by atoms with van der Waals surface area (Å²) in [6.07, 6.45) is 8.80. The molecule has 0 radical (unpaired) electrons. The van der Waals surface area contributed by atoms with Crippen molar-refractivity contribution >= 4 is 11.3 Å². The molecule has 4 heteroatoms. The largest absolute Gasteiger partial charge is 0.374 e. The highest BCUT2D eigenvalue weighted by molar-refractivity contribution is 7.07. The van der Waals surface area contributed by atoms with Crippen molar-refractivity contribution in [2.24, 2.45) is 5.92 Å². The molecule has 2 heterocycles. The fraction of sp³-hybridized carbons (Fsp3) is 0.765. The molecule has 0 spiro atoms. The normalized spacial score (nSPS) is 29.4. The van der Waals surface area contributed by atoms with Crippen LogP contribution in [0.5, 0.6) is 0 Å². The summed E-state index contributed by atoms with van der Waals surface area (Å²) in [5.41, 5.74) is 1.02. The Hall–Kier alpha value is -0.420. The Morgan fingerprint density at radius 3 is 2.76 bits per heavy atom. The Balaban J connectivity index is 1.55. The Morgan fingerprint density at radius 1 is 1.19 bits per heavy atom. The molecule has 118 valence electrons. The lowest BCUT2D eigenvalue weighted by Crippen LogP contribution is -2.46. The molecule has 3 nitrogen and oxygen atoms in total. The average Bonchev–Trinajstić information content (AvgIpc) is 3.05. The summed E-state index contributed by atoms with van der Waals surface area (Å²) in [6, 6.07) is 2.49. The first-order chi connectivity index (χ1) is 10.3. The van der Waals surface area contributed by atoms with Crippen LogP contribution in [-0.2, 0) is 0 Å². The Kier molecular flexibility index (Phi) is 5.69. The van der Waals surface area contributed by atoms with E-state index in [2.05, 4.69) is 10.2 Å². The second-order valence-corrected chi connectivity index (χ2v) is 7.42. The molecule has 0 aromatic carbocycles. The molecule has 1 aromatic heterocycles. The van der Waals surface area contributed by atoms with Gasteiger partial charge in [0.2, 0.25) is 0 Å². The summed E-state index contributed by atoms with van der Waals surface area (Å²) in [5.74, 6) is 0.699. The number of thiophene rings is 1. The predicted molar refractivity (Wildman–Crippen MR) is 88.5 cm³/mol. The van der Waals surface area contributed by atoms with Gasteiger partial charge in [0.1, 0.15) is 6.23 Å². The number of aliphatic hydroxyl groups excluding tert-OH is 1. The van der Waals surface area contributed by atoms with E-state index in [0.29, 0.717) is 12.0 Å². The quantitative estimate of drug-likeness (QED) is 0.819. The van der Waals surface area contributed by atoms with Crippen LogP contribution in [0.2, 0.25) is 0 Å². The van der Waals surface area contributed by atoms with Crippen molar-refractivity contribution < 1.29 is 5.11 Å². The summed E-state index contributed by atoms with van der Waals surface area (Å²) in [6.45, 7) is 3.76. The molecule has 0 amide bonds. The van der Waals surface area contributed by atoms with E-state index < -0.39 is 6.23 Å². The van der Waals surface area contributed by atoms with E-state index in [1.54, 1.807) is 11.3 Å². The van der Waals surface area contributed by atoms with Gasteiger partial charge in [0.15, 0.2) is 0 Å². The van der Waals surface area contributed by atoms with Crippen molar-refractivity contribution in [1.29, 1.82) is 0 Å². The molecule has 3 atom stereocenters. The minimum atomic E-state index is -0.497. The summed E-state index contributed by atoms with van der Waals surface area (Å²) >= 11 is 1.65. The minimum Gasteiger partial charge on any atom is -0.374 e. The number of hydrogen-bond acceptors (Lipinski definition) is 4. The van der Waals surface area contributed by atoms with Gasteiger partial charge in [0.05, 0.1) is 0 Å². The van der Waals surface area contributed by atoms with E-state index in [1.165, 1.54) is 64.6 Å². The zero-order chi connectivity index (χ0) is 14.5. The number of likely N-dealkylation sites (tertiary alicyclic amines) is 1. The van der Waals surface area contributed by atoms with Crippen LogP contribution in [0.15, 0.2) is 16.8 Å². The maximum atomic E-state index is 10.4. The van der Waals surface area contributed by atoms with Crippen LogP contribution < -0.4 is 5.32 Å². The number of aliphatic hydroxyl groups is 1. The molecule has 1 aliphatic heterocycles. The van der Waals surface area contributed by atoms with Crippen molar-refractivity contribution in [2.75, 3.05) is 19.6 Å². The second kappa shape index (κ2) is 7.73. The Labute approximate surface area is 132 Å². The lowest BCUT2D eigenvalue weighted by Gasteiger charge is -2.38. The molecule has 1 aliphatic carbocycles. The van der Waals surface area contributed by atoms with Crippen molar-refractivity contribution in [3.05, 3.63) is 22.4 Å². The summed E-state index contributed by atoms with van der Waals surface area (Å²) < 4.78 is 0. The maximum Gasteiger partial charge on any atom is 0.132 e. The summed E-state index contributed by atoms with van der Waals surface area (Å²) in [5, 5.41) is 17.9. The van der Waals surface area contributed by atoms with E-state index in [-0.39, 0.29) is 0 Å². The first kappa shape index (κ1) is 15.5. The van der Waals surface area contributed by atoms with Gasteiger partial charge in [-0.25, -0.2) is 0 Å². The van der Waals surface area contributed by atoms with Crippen LogP contribution in [0, 0.1) is 5.92 Å². The lowest BCUT2D eigenvalue weighted by molar-refractivity contribution is 0.0798. The molecule has 1 aromatic rings. The Morgan fingerprint density at radius 2 is 2.00 bits per heavy atom. The van der Waals surface area contributed by atoms with Gasteiger partial charge in [-0.05, 0) is 61.5 Å². The fourth-order valence-corrected chi connectivity index (χ4v) is 4.53. The summed E-state index contributed by atoms with van der Waals surface area (Å²) in [7, 11) is 0. The van der Waals surface area contributed by atoms with Crippen molar-refractivity contribution in [3.63, 3.8) is 0 Å². The molecule has 21 heavy (non-hydrogen) atoms. The zero-order valence-corrected chi connectivity index (χ0v) is 13.7. The van der Waals surface area contributed by atoms with Gasteiger partial charge in [0.25, 0.3) is 0 Å². The van der Waals surface area contributed by atoms with Gasteiger partial charge < -0.3 is 10.0 Å². The highest BCUT2D eigenvalue weighted by Crippen LogP contribution is 2.28. The lowest BCUT2D eigenvalue weighted by atomic mass is 9.83. The smallest absolute Gasteiger partial charge is 0.132 e. The van der Waals surface area contributed by atoms with Gasteiger partial charge in [-0.1, -0.05) is 19.3 Å². The standard InChI is InChI=1S/C17H28N2OS/c20-17(15-8-11-21-13-15)18-16-7-3-2-6-14(16)12-19-9-4-1-5-10-19/h8,11,13-14,16-18,20H,1-7,9-10,12H2/t14-,16?,17?/m0/s1. The third-order valence-corrected chi connectivity index (χ3v) is 5.78. The Bertz CT molecular complexity index is 403. The molecule has 0 bridgehead atoms. The molecule has 2 fully saturated rings. The van der Waals surface area contributed by atoms with E-state index in [1.807, 2.05) is 16.8 Å². The van der Waals surface area contributed by atoms with Crippen molar-refractivity contribution in [1.82, 2.24) is 10.2 Å². The van der Waals surface area contributed by atoms with Crippen LogP contribution in [0.4, 0.5) is 0 Å².